The number of methoxy groups -OCH3 is 1. The fraction of sp³-hybridized carbons (Fsp3) is 0.333. The first kappa shape index (κ1) is 15.3. The predicted molar refractivity (Wildman–Crippen MR) is 85.3 cm³/mol. The van der Waals surface area contributed by atoms with Crippen LogP contribution in [0.25, 0.3) is 0 Å². The summed E-state index contributed by atoms with van der Waals surface area (Å²) in [6.07, 6.45) is 0.755. The topological polar surface area (TPSA) is 63.2 Å². The third-order valence-corrected chi connectivity index (χ3v) is 3.89. The first-order valence-corrected chi connectivity index (χ1v) is 7.53. The molecule has 0 unspecified atom stereocenters. The number of aromatic nitrogens is 1. The van der Waals surface area contributed by atoms with E-state index in [4.69, 9.17) is 4.74 Å². The van der Waals surface area contributed by atoms with Crippen LogP contribution in [0.15, 0.2) is 23.6 Å². The van der Waals surface area contributed by atoms with Gasteiger partial charge >= 0.3 is 6.03 Å². The first-order valence-electron chi connectivity index (χ1n) is 6.69. The fourth-order valence-electron chi connectivity index (χ4n) is 1.92. The second-order valence-electron chi connectivity index (χ2n) is 4.75. The largest absolute Gasteiger partial charge is 0.496 e. The zero-order valence-electron chi connectivity index (χ0n) is 12.4. The molecule has 0 spiro atoms. The highest BCUT2D eigenvalue weighted by Crippen LogP contribution is 2.19. The zero-order valence-corrected chi connectivity index (χ0v) is 13.2. The number of rotatable bonds is 5. The van der Waals surface area contributed by atoms with E-state index in [9.17, 15) is 4.79 Å². The number of nitrogens with one attached hydrogen (secondary N) is 2. The Bertz CT molecular complexity index is 625. The molecule has 2 N–H and O–H groups in total. The molecule has 2 amide bonds. The maximum Gasteiger partial charge on any atom is 0.319 e. The molecule has 0 aliphatic carbocycles. The summed E-state index contributed by atoms with van der Waals surface area (Å²) in [5.41, 5.74) is 3.83. The first-order chi connectivity index (χ1) is 10.1. The molecule has 6 heteroatoms. The highest BCUT2D eigenvalue weighted by atomic mass is 32.1. The van der Waals surface area contributed by atoms with Crippen LogP contribution < -0.4 is 15.4 Å². The maximum atomic E-state index is 11.8. The number of urea groups is 1. The van der Waals surface area contributed by atoms with Crippen LogP contribution in [0.3, 0.4) is 0 Å². The molecule has 0 atom stereocenters. The summed E-state index contributed by atoms with van der Waals surface area (Å²) >= 11 is 1.33. The standard InChI is InChI=1S/C15H19N3O2S/c1-10-4-5-12(8-14(10)20-3)6-7-16-15(19)17-13-9-21-18-11(13)2/h4-5,8-9H,6-7H2,1-3H3,(H2,16,17,19). The lowest BCUT2D eigenvalue weighted by atomic mass is 10.1. The van der Waals surface area contributed by atoms with Crippen molar-refractivity contribution in [1.82, 2.24) is 9.69 Å². The predicted octanol–water partition coefficient (Wildman–Crippen LogP) is 3.13. The van der Waals surface area contributed by atoms with Gasteiger partial charge in [-0.05, 0) is 49.0 Å². The Labute approximate surface area is 128 Å². The van der Waals surface area contributed by atoms with Crippen molar-refractivity contribution in [3.8, 4) is 5.75 Å². The number of aryl methyl sites for hydroxylation is 2. The number of anilines is 1. The van der Waals surface area contributed by atoms with Crippen molar-refractivity contribution in [3.63, 3.8) is 0 Å². The Morgan fingerprint density at radius 3 is 2.86 bits per heavy atom. The van der Waals surface area contributed by atoms with Gasteiger partial charge in [-0.1, -0.05) is 12.1 Å². The highest BCUT2D eigenvalue weighted by Gasteiger charge is 2.06. The van der Waals surface area contributed by atoms with Crippen LogP contribution in [-0.4, -0.2) is 24.1 Å². The summed E-state index contributed by atoms with van der Waals surface area (Å²) in [7, 11) is 1.66. The molecule has 1 heterocycles. The lowest BCUT2D eigenvalue weighted by Crippen LogP contribution is -2.30. The molecule has 2 aromatic rings. The minimum atomic E-state index is -0.211. The minimum Gasteiger partial charge on any atom is -0.496 e. The van der Waals surface area contributed by atoms with Crippen molar-refractivity contribution in [1.29, 1.82) is 0 Å². The van der Waals surface area contributed by atoms with E-state index in [0.717, 1.165) is 34.7 Å². The molecule has 1 aromatic heterocycles. The van der Waals surface area contributed by atoms with E-state index in [1.807, 2.05) is 37.4 Å². The van der Waals surface area contributed by atoms with E-state index >= 15 is 0 Å². The Hall–Kier alpha value is -2.08. The van der Waals surface area contributed by atoms with Gasteiger partial charge in [-0.25, -0.2) is 4.79 Å². The van der Waals surface area contributed by atoms with E-state index in [1.54, 1.807) is 7.11 Å². The molecular weight excluding hydrogens is 286 g/mol. The Morgan fingerprint density at radius 2 is 2.19 bits per heavy atom. The number of ether oxygens (including phenoxy) is 1. The fourth-order valence-corrected chi connectivity index (χ4v) is 2.56. The lowest BCUT2D eigenvalue weighted by Gasteiger charge is -2.09. The van der Waals surface area contributed by atoms with Crippen LogP contribution in [0, 0.1) is 13.8 Å². The lowest BCUT2D eigenvalue weighted by molar-refractivity contribution is 0.252. The van der Waals surface area contributed by atoms with E-state index in [1.165, 1.54) is 11.5 Å². The summed E-state index contributed by atoms with van der Waals surface area (Å²) in [6, 6.07) is 5.86. The molecule has 0 saturated carbocycles. The summed E-state index contributed by atoms with van der Waals surface area (Å²) in [6.45, 7) is 4.44. The van der Waals surface area contributed by atoms with Gasteiger partial charge in [-0.2, -0.15) is 4.37 Å². The van der Waals surface area contributed by atoms with Gasteiger partial charge in [0.05, 0.1) is 18.5 Å². The number of carbonyl (C=O) groups excluding carboxylic acids is 1. The van der Waals surface area contributed by atoms with E-state index in [0.29, 0.717) is 6.54 Å². The van der Waals surface area contributed by atoms with Crippen LogP contribution in [0.4, 0.5) is 10.5 Å². The van der Waals surface area contributed by atoms with E-state index in [-0.39, 0.29) is 6.03 Å². The molecule has 0 aliphatic heterocycles. The SMILES string of the molecule is COc1cc(CCNC(=O)Nc2csnc2C)ccc1C. The van der Waals surface area contributed by atoms with Crippen molar-refractivity contribution >= 4 is 23.3 Å². The van der Waals surface area contributed by atoms with Crippen molar-refractivity contribution in [2.75, 3.05) is 19.0 Å². The number of benzene rings is 1. The molecule has 0 bridgehead atoms. The number of hydrogen-bond acceptors (Lipinski definition) is 4. The monoisotopic (exact) mass is 305 g/mol. The average molecular weight is 305 g/mol. The van der Waals surface area contributed by atoms with Gasteiger partial charge in [-0.3, -0.25) is 0 Å². The van der Waals surface area contributed by atoms with Gasteiger partial charge in [0.15, 0.2) is 0 Å². The van der Waals surface area contributed by atoms with E-state index < -0.39 is 0 Å². The maximum absolute atomic E-state index is 11.8. The molecule has 0 fully saturated rings. The van der Waals surface area contributed by atoms with Crippen molar-refractivity contribution in [2.24, 2.45) is 0 Å². The van der Waals surface area contributed by atoms with Crippen LogP contribution >= 0.6 is 11.5 Å². The smallest absolute Gasteiger partial charge is 0.319 e. The van der Waals surface area contributed by atoms with Gasteiger partial charge < -0.3 is 15.4 Å². The molecule has 2 rings (SSSR count). The summed E-state index contributed by atoms with van der Waals surface area (Å²) < 4.78 is 9.40. The number of nitrogens with zero attached hydrogens (tertiary/aromatic N) is 1. The van der Waals surface area contributed by atoms with Crippen LogP contribution in [0.2, 0.25) is 0 Å². The number of hydrogen-bond donors (Lipinski definition) is 2. The Morgan fingerprint density at radius 1 is 1.38 bits per heavy atom. The molecule has 0 radical (unpaired) electrons. The van der Waals surface area contributed by atoms with Gasteiger partial charge in [0, 0.05) is 11.9 Å². The third-order valence-electron chi connectivity index (χ3n) is 3.17. The van der Waals surface area contributed by atoms with Gasteiger partial charge in [0.1, 0.15) is 5.75 Å². The molecule has 112 valence electrons. The molecule has 1 aromatic carbocycles. The van der Waals surface area contributed by atoms with Gasteiger partial charge in [0.25, 0.3) is 0 Å². The summed E-state index contributed by atoms with van der Waals surface area (Å²) in [4.78, 5) is 11.8. The summed E-state index contributed by atoms with van der Waals surface area (Å²) in [5.74, 6) is 0.872. The highest BCUT2D eigenvalue weighted by molar-refractivity contribution is 7.04. The van der Waals surface area contributed by atoms with Gasteiger partial charge in [-0.15, -0.1) is 0 Å². The molecular formula is C15H19N3O2S. The van der Waals surface area contributed by atoms with Crippen molar-refractivity contribution < 1.29 is 9.53 Å². The second kappa shape index (κ2) is 7.08. The normalized spacial score (nSPS) is 10.2. The van der Waals surface area contributed by atoms with Crippen LogP contribution in [0.5, 0.6) is 5.75 Å². The van der Waals surface area contributed by atoms with Crippen molar-refractivity contribution in [2.45, 2.75) is 20.3 Å². The number of amides is 2. The molecule has 21 heavy (non-hydrogen) atoms. The second-order valence-corrected chi connectivity index (χ2v) is 5.38. The van der Waals surface area contributed by atoms with Gasteiger partial charge in [0.2, 0.25) is 0 Å². The molecule has 0 saturated heterocycles. The quantitative estimate of drug-likeness (QED) is 0.892. The van der Waals surface area contributed by atoms with Crippen molar-refractivity contribution in [3.05, 3.63) is 40.4 Å². The average Bonchev–Trinajstić information content (AvgIpc) is 2.86. The summed E-state index contributed by atoms with van der Waals surface area (Å²) in [5, 5.41) is 7.44. The molecule has 0 aliphatic rings. The Balaban J connectivity index is 1.81. The molecule has 5 nitrogen and oxygen atoms in total. The zero-order chi connectivity index (χ0) is 15.2. The Kier molecular flexibility index (Phi) is 5.16. The third kappa shape index (κ3) is 4.19. The van der Waals surface area contributed by atoms with Crippen LogP contribution in [0.1, 0.15) is 16.8 Å². The number of carbonyl (C=O) groups is 1. The minimum absolute atomic E-state index is 0.211. The van der Waals surface area contributed by atoms with E-state index in [2.05, 4.69) is 15.0 Å². The van der Waals surface area contributed by atoms with Crippen LogP contribution in [-0.2, 0) is 6.42 Å².